The summed E-state index contributed by atoms with van der Waals surface area (Å²) in [5.74, 6) is 1.09. The molecule has 1 aliphatic rings. The zero-order valence-electron chi connectivity index (χ0n) is 15.6. The van der Waals surface area contributed by atoms with Crippen LogP contribution in [0, 0.1) is 13.8 Å². The predicted octanol–water partition coefficient (Wildman–Crippen LogP) is 3.23. The molecule has 0 atom stereocenters. The third kappa shape index (κ3) is 5.20. The van der Waals surface area contributed by atoms with E-state index in [0.29, 0.717) is 17.3 Å². The summed E-state index contributed by atoms with van der Waals surface area (Å²) in [6.45, 7) is 5.60. The molecule has 2 aromatic rings. The normalized spacial score (nSPS) is 13.3. The highest BCUT2D eigenvalue weighted by Gasteiger charge is 2.18. The third-order valence-electron chi connectivity index (χ3n) is 4.55. The molecule has 7 heteroatoms. The maximum absolute atomic E-state index is 11.9. The van der Waals surface area contributed by atoms with Crippen LogP contribution in [0.3, 0.4) is 0 Å². The van der Waals surface area contributed by atoms with Gasteiger partial charge in [-0.25, -0.2) is 9.78 Å². The number of aromatic nitrogens is 1. The van der Waals surface area contributed by atoms with Crippen molar-refractivity contribution in [3.63, 3.8) is 0 Å². The quantitative estimate of drug-likeness (QED) is 0.849. The summed E-state index contributed by atoms with van der Waals surface area (Å²) in [5, 5.41) is 5.23. The predicted molar refractivity (Wildman–Crippen MR) is 103 cm³/mol. The Hall–Kier alpha value is -3.09. The summed E-state index contributed by atoms with van der Waals surface area (Å²) in [6, 6.07) is 8.78. The Morgan fingerprint density at radius 3 is 2.56 bits per heavy atom. The zero-order valence-corrected chi connectivity index (χ0v) is 15.6. The molecule has 7 nitrogen and oxygen atoms in total. The van der Waals surface area contributed by atoms with Crippen molar-refractivity contribution in [3.8, 4) is 11.6 Å². The van der Waals surface area contributed by atoms with E-state index in [2.05, 4.69) is 15.6 Å². The summed E-state index contributed by atoms with van der Waals surface area (Å²) < 4.78 is 5.72. The van der Waals surface area contributed by atoms with Crippen molar-refractivity contribution >= 4 is 17.6 Å². The van der Waals surface area contributed by atoms with Gasteiger partial charge in [0.05, 0.1) is 18.4 Å². The number of pyridine rings is 1. The van der Waals surface area contributed by atoms with Gasteiger partial charge >= 0.3 is 6.03 Å². The van der Waals surface area contributed by atoms with Crippen LogP contribution in [0.25, 0.3) is 0 Å². The highest BCUT2D eigenvalue weighted by atomic mass is 16.5. The average molecular weight is 368 g/mol. The van der Waals surface area contributed by atoms with E-state index in [1.54, 1.807) is 17.0 Å². The van der Waals surface area contributed by atoms with Gasteiger partial charge in [0, 0.05) is 19.2 Å². The second-order valence-electron chi connectivity index (χ2n) is 6.63. The molecule has 1 aromatic heterocycles. The molecule has 1 fully saturated rings. The van der Waals surface area contributed by atoms with Crippen molar-refractivity contribution in [2.75, 3.05) is 25.0 Å². The molecular formula is C20H24N4O3. The standard InChI is InChI=1S/C20H24N4O3/c1-14-5-7-17(11-15(14)2)27-18-8-6-16(12-21-18)23-20(26)22-13-19(25)24-9-3-4-10-24/h5-8,11-12H,3-4,9-10,13H2,1-2H3,(H2,22,23,26). The number of carbonyl (C=O) groups excluding carboxylic acids is 2. The van der Waals surface area contributed by atoms with Crippen LogP contribution in [0.2, 0.25) is 0 Å². The number of ether oxygens (including phenoxy) is 1. The van der Waals surface area contributed by atoms with E-state index >= 15 is 0 Å². The van der Waals surface area contributed by atoms with E-state index in [0.717, 1.165) is 31.5 Å². The number of likely N-dealkylation sites (tertiary alicyclic amines) is 1. The Morgan fingerprint density at radius 1 is 1.11 bits per heavy atom. The molecule has 2 N–H and O–H groups in total. The SMILES string of the molecule is Cc1ccc(Oc2ccc(NC(=O)NCC(=O)N3CCCC3)cn2)cc1C. The molecule has 1 aliphatic heterocycles. The molecule has 0 aliphatic carbocycles. The van der Waals surface area contributed by atoms with E-state index in [1.165, 1.54) is 11.8 Å². The highest BCUT2D eigenvalue weighted by Crippen LogP contribution is 2.22. The number of urea groups is 1. The average Bonchev–Trinajstić information content (AvgIpc) is 3.19. The van der Waals surface area contributed by atoms with E-state index in [9.17, 15) is 9.59 Å². The number of carbonyl (C=O) groups is 2. The molecule has 3 rings (SSSR count). The van der Waals surface area contributed by atoms with Crippen LogP contribution in [-0.2, 0) is 4.79 Å². The van der Waals surface area contributed by atoms with Crippen molar-refractivity contribution < 1.29 is 14.3 Å². The minimum absolute atomic E-state index is 0.00671. The molecule has 27 heavy (non-hydrogen) atoms. The maximum Gasteiger partial charge on any atom is 0.319 e. The fraction of sp³-hybridized carbons (Fsp3) is 0.350. The van der Waals surface area contributed by atoms with Gasteiger partial charge in [-0.15, -0.1) is 0 Å². The summed E-state index contributed by atoms with van der Waals surface area (Å²) in [5.41, 5.74) is 2.86. The first kappa shape index (κ1) is 18.7. The van der Waals surface area contributed by atoms with Gasteiger partial charge in [-0.05, 0) is 56.0 Å². The van der Waals surface area contributed by atoms with Gasteiger partial charge in [0.25, 0.3) is 0 Å². The van der Waals surface area contributed by atoms with Crippen LogP contribution in [0.15, 0.2) is 36.5 Å². The van der Waals surface area contributed by atoms with E-state index in [1.807, 2.05) is 32.0 Å². The van der Waals surface area contributed by atoms with Crippen molar-refractivity contribution in [2.45, 2.75) is 26.7 Å². The van der Waals surface area contributed by atoms with Crippen molar-refractivity contribution in [3.05, 3.63) is 47.7 Å². The topological polar surface area (TPSA) is 83.6 Å². The smallest absolute Gasteiger partial charge is 0.319 e. The number of hydrogen-bond acceptors (Lipinski definition) is 4. The van der Waals surface area contributed by atoms with Gasteiger partial charge in [0.1, 0.15) is 5.75 Å². The van der Waals surface area contributed by atoms with Crippen LogP contribution in [0.4, 0.5) is 10.5 Å². The summed E-state index contributed by atoms with van der Waals surface area (Å²) >= 11 is 0. The first-order valence-electron chi connectivity index (χ1n) is 9.05. The number of rotatable bonds is 5. The molecule has 0 spiro atoms. The molecule has 1 saturated heterocycles. The van der Waals surface area contributed by atoms with E-state index in [4.69, 9.17) is 4.74 Å². The first-order chi connectivity index (χ1) is 13.0. The Kier molecular flexibility index (Phi) is 5.90. The lowest BCUT2D eigenvalue weighted by molar-refractivity contribution is -0.128. The number of nitrogens with one attached hydrogen (secondary N) is 2. The highest BCUT2D eigenvalue weighted by molar-refractivity contribution is 5.92. The number of amides is 3. The summed E-state index contributed by atoms with van der Waals surface area (Å²) in [7, 11) is 0. The molecule has 0 unspecified atom stereocenters. The largest absolute Gasteiger partial charge is 0.439 e. The maximum atomic E-state index is 11.9. The van der Waals surface area contributed by atoms with Gasteiger partial charge in [-0.2, -0.15) is 0 Å². The van der Waals surface area contributed by atoms with Crippen molar-refractivity contribution in [2.24, 2.45) is 0 Å². The van der Waals surface area contributed by atoms with E-state index in [-0.39, 0.29) is 12.5 Å². The van der Waals surface area contributed by atoms with Crippen molar-refractivity contribution in [1.82, 2.24) is 15.2 Å². The van der Waals surface area contributed by atoms with Gasteiger partial charge in [-0.3, -0.25) is 4.79 Å². The van der Waals surface area contributed by atoms with Gasteiger partial charge in [0.2, 0.25) is 11.8 Å². The van der Waals surface area contributed by atoms with E-state index < -0.39 is 6.03 Å². The number of hydrogen-bond donors (Lipinski definition) is 2. The van der Waals surface area contributed by atoms with Gasteiger partial charge < -0.3 is 20.3 Å². The number of nitrogens with zero attached hydrogens (tertiary/aromatic N) is 2. The second-order valence-corrected chi connectivity index (χ2v) is 6.63. The minimum Gasteiger partial charge on any atom is -0.439 e. The summed E-state index contributed by atoms with van der Waals surface area (Å²) in [6.07, 6.45) is 3.57. The van der Waals surface area contributed by atoms with Gasteiger partial charge in [-0.1, -0.05) is 6.07 Å². The van der Waals surface area contributed by atoms with Crippen LogP contribution in [-0.4, -0.2) is 41.5 Å². The van der Waals surface area contributed by atoms with Crippen LogP contribution >= 0.6 is 0 Å². The first-order valence-corrected chi connectivity index (χ1v) is 9.05. The lowest BCUT2D eigenvalue weighted by Crippen LogP contribution is -2.40. The molecule has 3 amide bonds. The van der Waals surface area contributed by atoms with Crippen LogP contribution in [0.1, 0.15) is 24.0 Å². The minimum atomic E-state index is -0.438. The Bertz CT molecular complexity index is 814. The third-order valence-corrected chi connectivity index (χ3v) is 4.55. The molecule has 142 valence electrons. The number of aryl methyl sites for hydroxylation is 2. The molecule has 1 aromatic carbocycles. The molecule has 2 heterocycles. The Labute approximate surface area is 158 Å². The molecular weight excluding hydrogens is 344 g/mol. The lowest BCUT2D eigenvalue weighted by Gasteiger charge is -2.15. The summed E-state index contributed by atoms with van der Waals surface area (Å²) in [4.78, 5) is 29.8. The fourth-order valence-electron chi connectivity index (χ4n) is 2.82. The lowest BCUT2D eigenvalue weighted by atomic mass is 10.1. The number of anilines is 1. The molecule has 0 radical (unpaired) electrons. The fourth-order valence-corrected chi connectivity index (χ4v) is 2.82. The molecule has 0 saturated carbocycles. The van der Waals surface area contributed by atoms with Crippen molar-refractivity contribution in [1.29, 1.82) is 0 Å². The Morgan fingerprint density at radius 2 is 1.89 bits per heavy atom. The zero-order chi connectivity index (χ0) is 19.2. The van der Waals surface area contributed by atoms with Crippen LogP contribution < -0.4 is 15.4 Å². The monoisotopic (exact) mass is 368 g/mol. The van der Waals surface area contributed by atoms with Gasteiger partial charge in [0.15, 0.2) is 0 Å². The number of benzene rings is 1. The Balaban J connectivity index is 1.48. The van der Waals surface area contributed by atoms with Crippen LogP contribution in [0.5, 0.6) is 11.6 Å². The second kappa shape index (κ2) is 8.53. The molecule has 0 bridgehead atoms.